The molecule has 2 aromatic rings. The monoisotopic (exact) mass is 624 g/mol. The van der Waals surface area contributed by atoms with Crippen molar-refractivity contribution >= 4 is 16.1 Å². The van der Waals surface area contributed by atoms with Gasteiger partial charge in [0.2, 0.25) is 10.0 Å². The summed E-state index contributed by atoms with van der Waals surface area (Å²) in [5, 5.41) is 24.2. The van der Waals surface area contributed by atoms with Gasteiger partial charge in [-0.05, 0) is 72.6 Å². The van der Waals surface area contributed by atoms with Gasteiger partial charge in [0.25, 0.3) is 0 Å². The van der Waals surface area contributed by atoms with Crippen molar-refractivity contribution in [3.8, 4) is 0 Å². The molecule has 0 saturated carbocycles. The first-order valence-corrected chi connectivity index (χ1v) is 16.0. The van der Waals surface area contributed by atoms with E-state index in [1.54, 1.807) is 12.1 Å². The van der Waals surface area contributed by atoms with Crippen LogP contribution in [0.15, 0.2) is 41.3 Å². The maximum Gasteiger partial charge on any atom is 0.407 e. The zero-order chi connectivity index (χ0) is 30.9. The van der Waals surface area contributed by atoms with Crippen molar-refractivity contribution in [2.45, 2.75) is 75.1 Å². The van der Waals surface area contributed by atoms with Gasteiger partial charge in [-0.2, -0.15) is 4.31 Å². The van der Waals surface area contributed by atoms with E-state index in [1.807, 2.05) is 13.8 Å². The minimum atomic E-state index is -4.11. The number of aliphatic hydroxyl groups is 2. The molecule has 236 valence electrons. The third-order valence-corrected chi connectivity index (χ3v) is 9.97. The van der Waals surface area contributed by atoms with Crippen molar-refractivity contribution in [1.82, 2.24) is 9.62 Å². The molecule has 0 unspecified atom stereocenters. The molecular weight excluding hydrogens is 586 g/mol. The molecule has 5 rings (SSSR count). The first-order valence-electron chi connectivity index (χ1n) is 14.5. The number of amides is 1. The molecule has 10 nitrogen and oxygen atoms in total. The molecule has 6 atom stereocenters. The lowest BCUT2D eigenvalue weighted by Crippen LogP contribution is -2.51. The third kappa shape index (κ3) is 7.35. The molecule has 3 N–H and O–H groups in total. The normalized spacial score (nSPS) is 24.7. The van der Waals surface area contributed by atoms with Gasteiger partial charge in [0, 0.05) is 19.2 Å². The standard InChI is InChI=1S/C30H38F2N2O8S/c1-17(2)14-34(43(38,39)22-4-5-23-19(12-22)3-6-26(23)35)15-27(36)25(11-18-9-20(31)13-21(32)10-18)33-30(37)42-28-16-41-29-24(28)7-8-40-29/h4-5,9-10,12-13,17,24-29,35-36H,3,6-8,11,14-16H2,1-2H3,(H,33,37)/t24-,25-,26-,27+,28-,29+/m0/s1. The largest absolute Gasteiger partial charge is 0.443 e. The predicted octanol–water partition coefficient (Wildman–Crippen LogP) is 3.05. The summed E-state index contributed by atoms with van der Waals surface area (Å²) in [5.41, 5.74) is 1.60. The first kappa shape index (κ1) is 31.7. The molecule has 3 aliphatic rings. The van der Waals surface area contributed by atoms with Gasteiger partial charge in [-0.1, -0.05) is 19.9 Å². The van der Waals surface area contributed by atoms with E-state index in [0.29, 0.717) is 37.5 Å². The fraction of sp³-hybridized carbons (Fsp3) is 0.567. The summed E-state index contributed by atoms with van der Waals surface area (Å²) in [6.07, 6.45) is -2.51. The average molecular weight is 625 g/mol. The number of hydrogen-bond acceptors (Lipinski definition) is 8. The number of aryl methyl sites for hydroxylation is 1. The van der Waals surface area contributed by atoms with Crippen LogP contribution in [-0.4, -0.2) is 79.9 Å². The van der Waals surface area contributed by atoms with Gasteiger partial charge in [-0.25, -0.2) is 22.0 Å². The van der Waals surface area contributed by atoms with E-state index < -0.39 is 64.9 Å². The van der Waals surface area contributed by atoms with Crippen LogP contribution in [0.5, 0.6) is 0 Å². The molecule has 0 aromatic heterocycles. The van der Waals surface area contributed by atoms with Gasteiger partial charge >= 0.3 is 6.09 Å². The Bertz CT molecular complexity index is 1400. The van der Waals surface area contributed by atoms with E-state index in [1.165, 1.54) is 6.07 Å². The quantitative estimate of drug-likeness (QED) is 0.348. The number of ether oxygens (including phenoxy) is 3. The highest BCUT2D eigenvalue weighted by Crippen LogP contribution is 2.34. The lowest BCUT2D eigenvalue weighted by molar-refractivity contribution is -0.0907. The number of carbonyl (C=O) groups excluding carboxylic acids is 1. The Morgan fingerprint density at radius 1 is 1.12 bits per heavy atom. The number of benzene rings is 2. The lowest BCUT2D eigenvalue weighted by atomic mass is 10.0. The lowest BCUT2D eigenvalue weighted by Gasteiger charge is -2.31. The molecule has 2 aromatic carbocycles. The molecule has 1 amide bonds. The number of aliphatic hydroxyl groups excluding tert-OH is 2. The molecule has 2 aliphatic heterocycles. The van der Waals surface area contributed by atoms with Crippen LogP contribution >= 0.6 is 0 Å². The maximum atomic E-state index is 14.0. The third-order valence-electron chi connectivity index (χ3n) is 8.15. The highest BCUT2D eigenvalue weighted by Gasteiger charge is 2.44. The Hall–Kier alpha value is -2.68. The molecule has 0 radical (unpaired) electrons. The summed E-state index contributed by atoms with van der Waals surface area (Å²) in [7, 11) is -4.11. The Morgan fingerprint density at radius 2 is 1.86 bits per heavy atom. The Kier molecular flexibility index (Phi) is 9.69. The zero-order valence-corrected chi connectivity index (χ0v) is 24.9. The van der Waals surface area contributed by atoms with E-state index in [0.717, 1.165) is 22.0 Å². The molecule has 13 heteroatoms. The fourth-order valence-electron chi connectivity index (χ4n) is 6.03. The topological polar surface area (TPSA) is 135 Å². The maximum absolute atomic E-state index is 14.0. The summed E-state index contributed by atoms with van der Waals surface area (Å²) >= 11 is 0. The minimum absolute atomic E-state index is 0.0268. The van der Waals surface area contributed by atoms with Crippen LogP contribution in [0.4, 0.5) is 13.6 Å². The molecule has 43 heavy (non-hydrogen) atoms. The van der Waals surface area contributed by atoms with Crippen molar-refractivity contribution in [3.05, 3.63) is 64.7 Å². The van der Waals surface area contributed by atoms with E-state index >= 15 is 0 Å². The Labute approximate surface area is 250 Å². The second kappa shape index (κ2) is 13.1. The molecule has 2 heterocycles. The number of hydrogen-bond donors (Lipinski definition) is 3. The van der Waals surface area contributed by atoms with E-state index in [-0.39, 0.29) is 41.9 Å². The van der Waals surface area contributed by atoms with Gasteiger partial charge in [0.15, 0.2) is 6.29 Å². The molecular formula is C30H38F2N2O8S. The first-order chi connectivity index (χ1) is 20.4. The van der Waals surface area contributed by atoms with Gasteiger partial charge in [0.05, 0.1) is 42.3 Å². The van der Waals surface area contributed by atoms with Crippen LogP contribution in [0.2, 0.25) is 0 Å². The Morgan fingerprint density at radius 3 is 2.58 bits per heavy atom. The number of fused-ring (bicyclic) bond motifs is 2. The smallest absolute Gasteiger partial charge is 0.407 e. The fourth-order valence-corrected chi connectivity index (χ4v) is 7.70. The molecule has 0 spiro atoms. The van der Waals surface area contributed by atoms with Gasteiger partial charge in [0.1, 0.15) is 17.7 Å². The van der Waals surface area contributed by atoms with Gasteiger partial charge in [-0.3, -0.25) is 0 Å². The second-order valence-electron chi connectivity index (χ2n) is 11.9. The molecule has 1 aliphatic carbocycles. The number of alkyl carbamates (subject to hydrolysis) is 1. The van der Waals surface area contributed by atoms with Crippen molar-refractivity contribution in [2.24, 2.45) is 11.8 Å². The van der Waals surface area contributed by atoms with Gasteiger partial charge < -0.3 is 29.7 Å². The molecule has 0 bridgehead atoms. The highest BCUT2D eigenvalue weighted by molar-refractivity contribution is 7.89. The molecule has 2 saturated heterocycles. The van der Waals surface area contributed by atoms with Crippen molar-refractivity contribution < 1.29 is 46.4 Å². The highest BCUT2D eigenvalue weighted by atomic mass is 32.2. The van der Waals surface area contributed by atoms with Crippen LogP contribution in [0.3, 0.4) is 0 Å². The van der Waals surface area contributed by atoms with Crippen LogP contribution in [0.1, 0.15) is 49.5 Å². The Balaban J connectivity index is 1.37. The van der Waals surface area contributed by atoms with Crippen LogP contribution in [0.25, 0.3) is 0 Å². The van der Waals surface area contributed by atoms with Crippen LogP contribution in [-0.2, 0) is 37.1 Å². The van der Waals surface area contributed by atoms with Crippen molar-refractivity contribution in [2.75, 3.05) is 26.3 Å². The number of nitrogens with one attached hydrogen (secondary N) is 1. The second-order valence-corrected chi connectivity index (χ2v) is 13.8. The predicted molar refractivity (Wildman–Crippen MR) is 150 cm³/mol. The average Bonchev–Trinajstić information content (AvgIpc) is 3.64. The number of carbonyl (C=O) groups is 1. The summed E-state index contributed by atoms with van der Waals surface area (Å²) in [6.45, 7) is 3.94. The van der Waals surface area contributed by atoms with Crippen LogP contribution in [0, 0.1) is 23.5 Å². The SMILES string of the molecule is CC(C)CN(C[C@@H](O)[C@H](Cc1cc(F)cc(F)c1)NC(=O)O[C@H]1CO[C@H]2OCC[C@H]21)S(=O)(=O)c1ccc2c(c1)CC[C@@H]2O. The minimum Gasteiger partial charge on any atom is -0.443 e. The summed E-state index contributed by atoms with van der Waals surface area (Å²) in [5.74, 6) is -1.90. The summed E-state index contributed by atoms with van der Waals surface area (Å²) in [4.78, 5) is 13.0. The van der Waals surface area contributed by atoms with Crippen molar-refractivity contribution in [3.63, 3.8) is 0 Å². The number of sulfonamides is 1. The van der Waals surface area contributed by atoms with Gasteiger partial charge in [-0.15, -0.1) is 0 Å². The van der Waals surface area contributed by atoms with Crippen LogP contribution < -0.4 is 5.32 Å². The molecule has 2 fully saturated rings. The zero-order valence-electron chi connectivity index (χ0n) is 24.1. The number of rotatable bonds is 11. The summed E-state index contributed by atoms with van der Waals surface area (Å²) < 4.78 is 73.4. The number of halogens is 2. The summed E-state index contributed by atoms with van der Waals surface area (Å²) in [6, 6.07) is 6.32. The van der Waals surface area contributed by atoms with E-state index in [2.05, 4.69) is 5.32 Å². The van der Waals surface area contributed by atoms with Crippen molar-refractivity contribution in [1.29, 1.82) is 0 Å². The van der Waals surface area contributed by atoms with E-state index in [4.69, 9.17) is 14.2 Å². The number of nitrogens with zero attached hydrogens (tertiary/aromatic N) is 1. The van der Waals surface area contributed by atoms with E-state index in [9.17, 15) is 32.2 Å².